The van der Waals surface area contributed by atoms with Crippen molar-refractivity contribution in [1.82, 2.24) is 25.9 Å². The molecule has 0 unspecified atom stereocenters. The van der Waals surface area contributed by atoms with E-state index >= 15 is 0 Å². The number of hydrazine groups is 2. The number of fused-ring (bicyclic) bond motifs is 1. The molecule has 0 aliphatic carbocycles. The van der Waals surface area contributed by atoms with Crippen molar-refractivity contribution in [3.63, 3.8) is 0 Å². The van der Waals surface area contributed by atoms with E-state index in [1.165, 1.54) is 12.4 Å². The van der Waals surface area contributed by atoms with E-state index in [0.29, 0.717) is 44.1 Å². The summed E-state index contributed by atoms with van der Waals surface area (Å²) in [6.45, 7) is 0.875. The van der Waals surface area contributed by atoms with Crippen LogP contribution in [0.25, 0.3) is 10.9 Å². The van der Waals surface area contributed by atoms with Crippen LogP contribution in [0, 0.1) is 11.3 Å². The number of hydrogen-bond donors (Lipinski definition) is 4. The van der Waals surface area contributed by atoms with Crippen LogP contribution in [-0.4, -0.2) is 27.7 Å². The highest BCUT2D eigenvalue weighted by molar-refractivity contribution is 6.35. The molecule has 0 amide bonds. The van der Waals surface area contributed by atoms with Crippen LogP contribution in [0.1, 0.15) is 42.1 Å². The van der Waals surface area contributed by atoms with Gasteiger partial charge in [-0.2, -0.15) is 18.4 Å². The van der Waals surface area contributed by atoms with Crippen LogP contribution in [0.15, 0.2) is 85.1 Å². The zero-order valence-electron chi connectivity index (χ0n) is 21.9. The van der Waals surface area contributed by atoms with E-state index in [1.54, 1.807) is 24.5 Å². The molecular weight excluding hydrogens is 553 g/mol. The van der Waals surface area contributed by atoms with Gasteiger partial charge in [-0.05, 0) is 35.7 Å². The Hall–Kier alpha value is -4.53. The van der Waals surface area contributed by atoms with Gasteiger partial charge in [-0.25, -0.2) is 0 Å². The lowest BCUT2D eigenvalue weighted by atomic mass is 10.0. The first kappa shape index (κ1) is 28.0. The van der Waals surface area contributed by atoms with Crippen molar-refractivity contribution in [2.45, 2.75) is 31.6 Å². The van der Waals surface area contributed by atoms with Gasteiger partial charge in [-0.3, -0.25) is 15.0 Å². The minimum atomic E-state index is -4.39. The van der Waals surface area contributed by atoms with Gasteiger partial charge in [-0.15, -0.1) is 5.53 Å². The molecule has 0 fully saturated rings. The minimum Gasteiger partial charge on any atom is -0.377 e. The number of halogens is 4. The summed E-state index contributed by atoms with van der Waals surface area (Å²) < 4.78 is 39.0. The third-order valence-electron chi connectivity index (χ3n) is 6.60. The highest BCUT2D eigenvalue weighted by Gasteiger charge is 2.33. The Morgan fingerprint density at radius 3 is 2.54 bits per heavy atom. The van der Waals surface area contributed by atoms with E-state index in [4.69, 9.17) is 11.6 Å². The molecule has 1 aliphatic heterocycles. The molecule has 0 radical (unpaired) electrons. The molecule has 12 heteroatoms. The van der Waals surface area contributed by atoms with E-state index in [0.717, 1.165) is 17.0 Å². The van der Waals surface area contributed by atoms with Crippen LogP contribution < -0.4 is 21.6 Å². The second kappa shape index (κ2) is 11.9. The normalized spacial score (nSPS) is 14.6. The smallest absolute Gasteiger partial charge is 0.377 e. The Bertz CT molecular complexity index is 1590. The third kappa shape index (κ3) is 6.45. The van der Waals surface area contributed by atoms with E-state index in [2.05, 4.69) is 44.6 Å². The first-order valence-corrected chi connectivity index (χ1v) is 13.2. The third-order valence-corrected chi connectivity index (χ3v) is 6.89. The summed E-state index contributed by atoms with van der Waals surface area (Å²) in [6, 6.07) is 18.5. The molecule has 0 spiro atoms. The van der Waals surface area contributed by atoms with Crippen molar-refractivity contribution in [2.75, 3.05) is 17.2 Å². The number of nitrogens with one attached hydrogen (secondary N) is 4. The fraction of sp³-hybridized carbons (Fsp3) is 0.207. The predicted octanol–water partition coefficient (Wildman–Crippen LogP) is 6.60. The summed E-state index contributed by atoms with van der Waals surface area (Å²) in [6.07, 6.45) is 2.46. The fourth-order valence-electron chi connectivity index (χ4n) is 4.71. The molecule has 5 rings (SSSR count). The zero-order valence-corrected chi connectivity index (χ0v) is 22.6. The summed E-state index contributed by atoms with van der Waals surface area (Å²) in [7, 11) is 0. The number of hydrogen-bond acceptors (Lipinski definition) is 8. The number of benzene rings is 2. The summed E-state index contributed by atoms with van der Waals surface area (Å²) in [4.78, 5) is 8.62. The Morgan fingerprint density at radius 2 is 1.85 bits per heavy atom. The maximum atomic E-state index is 13.0. The SMILES string of the molecule is CC[C@@H](Nc1c(C#N)cnc2c(Cl)cc(N[C@H](C3=CN(CC(F)(F)F)NN3)c3cccnc3)cc12)c1ccccc1. The van der Waals surface area contributed by atoms with Crippen molar-refractivity contribution in [2.24, 2.45) is 0 Å². The van der Waals surface area contributed by atoms with Gasteiger partial charge < -0.3 is 16.1 Å². The Kier molecular flexibility index (Phi) is 8.14. The Balaban J connectivity index is 1.55. The summed E-state index contributed by atoms with van der Waals surface area (Å²) >= 11 is 6.70. The first-order valence-electron chi connectivity index (χ1n) is 12.8. The fourth-order valence-corrected chi connectivity index (χ4v) is 4.98. The van der Waals surface area contributed by atoms with Gasteiger partial charge in [0.1, 0.15) is 12.6 Å². The van der Waals surface area contributed by atoms with Crippen LogP contribution >= 0.6 is 11.6 Å². The van der Waals surface area contributed by atoms with Gasteiger partial charge in [0.05, 0.1) is 39.6 Å². The monoisotopic (exact) mass is 578 g/mol. The molecule has 3 heterocycles. The summed E-state index contributed by atoms with van der Waals surface area (Å²) in [5.41, 5.74) is 9.60. The summed E-state index contributed by atoms with van der Waals surface area (Å²) in [5.74, 6) is 0. The number of aromatic nitrogens is 2. The lowest BCUT2D eigenvalue weighted by molar-refractivity contribution is -0.145. The average molecular weight is 579 g/mol. The van der Waals surface area contributed by atoms with Crippen molar-refractivity contribution >= 4 is 33.9 Å². The maximum Gasteiger partial charge on any atom is 0.407 e. The Morgan fingerprint density at radius 1 is 1.07 bits per heavy atom. The molecule has 4 aromatic rings. The topological polar surface area (TPSA) is 101 Å². The molecule has 0 saturated carbocycles. The van der Waals surface area contributed by atoms with Crippen molar-refractivity contribution in [3.05, 3.63) is 107 Å². The molecule has 2 aromatic carbocycles. The number of nitriles is 1. The van der Waals surface area contributed by atoms with Gasteiger partial charge in [0.25, 0.3) is 0 Å². The quantitative estimate of drug-likeness (QED) is 0.176. The number of pyridine rings is 2. The van der Waals surface area contributed by atoms with Crippen LogP contribution in [0.4, 0.5) is 24.5 Å². The molecule has 1 aliphatic rings. The van der Waals surface area contributed by atoms with Crippen LogP contribution in [0.2, 0.25) is 5.02 Å². The largest absolute Gasteiger partial charge is 0.407 e. The van der Waals surface area contributed by atoms with Crippen molar-refractivity contribution in [1.29, 1.82) is 5.26 Å². The highest BCUT2D eigenvalue weighted by Crippen LogP contribution is 2.37. The first-order chi connectivity index (χ1) is 19.8. The number of alkyl halides is 3. The van der Waals surface area contributed by atoms with Crippen LogP contribution in [0.5, 0.6) is 0 Å². The molecule has 8 nitrogen and oxygen atoms in total. The molecule has 4 N–H and O–H groups in total. The van der Waals surface area contributed by atoms with E-state index < -0.39 is 18.8 Å². The van der Waals surface area contributed by atoms with Gasteiger partial charge in [0.2, 0.25) is 0 Å². The lowest BCUT2D eigenvalue weighted by Gasteiger charge is -2.23. The second-order valence-corrected chi connectivity index (χ2v) is 9.86. The average Bonchev–Trinajstić information content (AvgIpc) is 3.42. The highest BCUT2D eigenvalue weighted by atomic mass is 35.5. The van der Waals surface area contributed by atoms with Gasteiger partial charge in [0, 0.05) is 35.9 Å². The maximum absolute atomic E-state index is 13.0. The predicted molar refractivity (Wildman–Crippen MR) is 152 cm³/mol. The van der Waals surface area contributed by atoms with E-state index in [9.17, 15) is 18.4 Å². The van der Waals surface area contributed by atoms with Crippen molar-refractivity contribution in [3.8, 4) is 6.07 Å². The number of nitrogens with zero attached hydrogens (tertiary/aromatic N) is 4. The number of rotatable bonds is 9. The zero-order chi connectivity index (χ0) is 29.0. The number of anilines is 2. The second-order valence-electron chi connectivity index (χ2n) is 9.46. The van der Waals surface area contributed by atoms with E-state index in [1.807, 2.05) is 42.5 Å². The molecular formula is C29H26ClF3N8. The Labute approximate surface area is 239 Å². The van der Waals surface area contributed by atoms with Crippen LogP contribution in [0.3, 0.4) is 0 Å². The minimum absolute atomic E-state index is 0.0778. The van der Waals surface area contributed by atoms with Gasteiger partial charge in [0.15, 0.2) is 0 Å². The van der Waals surface area contributed by atoms with Gasteiger partial charge in [-0.1, -0.05) is 54.9 Å². The molecule has 41 heavy (non-hydrogen) atoms. The molecule has 210 valence electrons. The molecule has 0 saturated heterocycles. The van der Waals surface area contributed by atoms with Crippen LogP contribution in [-0.2, 0) is 0 Å². The van der Waals surface area contributed by atoms with Crippen molar-refractivity contribution < 1.29 is 13.2 Å². The molecule has 0 bridgehead atoms. The van der Waals surface area contributed by atoms with E-state index in [-0.39, 0.29) is 6.04 Å². The van der Waals surface area contributed by atoms with Gasteiger partial charge >= 0.3 is 6.18 Å². The standard InChI is InChI=1S/C29H26ClF3N8/c1-2-24(18-7-4-3-5-8-18)38-26-20(13-34)15-36-28-22(26)11-21(12-23(28)30)37-27(19-9-6-10-35-14-19)25-16-41(40-39-25)17-29(31,32)33/h3-12,14-16,24,27,37,39-40H,2,17H2,1H3,(H,36,38)/t24-,27+/m1/s1. The molecule has 2 aromatic heterocycles. The lowest BCUT2D eigenvalue weighted by Crippen LogP contribution is -2.42. The summed E-state index contributed by atoms with van der Waals surface area (Å²) in [5, 5.41) is 18.7. The molecule has 2 atom stereocenters.